The third-order valence-electron chi connectivity index (χ3n) is 6.95. The quantitative estimate of drug-likeness (QED) is 0.265. The summed E-state index contributed by atoms with van der Waals surface area (Å²) in [5.41, 5.74) is 3.91. The van der Waals surface area contributed by atoms with Crippen LogP contribution < -0.4 is 5.32 Å². The number of nitriles is 1. The second kappa shape index (κ2) is 10.6. The molecule has 1 saturated carbocycles. The highest BCUT2D eigenvalue weighted by molar-refractivity contribution is 6.31. The maximum atomic E-state index is 12.7. The van der Waals surface area contributed by atoms with Crippen molar-refractivity contribution in [2.45, 2.75) is 31.3 Å². The van der Waals surface area contributed by atoms with Crippen LogP contribution in [0.1, 0.15) is 42.6 Å². The number of ether oxygens (including phenoxy) is 2. The van der Waals surface area contributed by atoms with Crippen LogP contribution in [0.3, 0.4) is 0 Å². The molecular formula is C30H25ClN4O4. The first-order chi connectivity index (χ1) is 18.9. The Balaban J connectivity index is 1.33. The van der Waals surface area contributed by atoms with Crippen molar-refractivity contribution in [2.75, 3.05) is 12.4 Å². The van der Waals surface area contributed by atoms with Gasteiger partial charge in [-0.05, 0) is 54.7 Å². The monoisotopic (exact) mass is 540 g/mol. The molecule has 1 fully saturated rings. The lowest BCUT2D eigenvalue weighted by molar-refractivity contribution is -0.143. The predicted octanol–water partition coefficient (Wildman–Crippen LogP) is 6.58. The third kappa shape index (κ3) is 5.09. The number of carbonyl (C=O) groups is 2. The number of esters is 1. The van der Waals surface area contributed by atoms with E-state index in [1.54, 1.807) is 25.1 Å². The van der Waals surface area contributed by atoms with E-state index in [4.69, 9.17) is 21.1 Å². The Morgan fingerprint density at radius 3 is 2.28 bits per heavy atom. The summed E-state index contributed by atoms with van der Waals surface area (Å²) in [6.45, 7) is 1.72. The SMILES string of the molecule is COC(=O)C1(c2ccc(-c3ccc(-n4ncc(C#N)c4NC(=O)O[C@H](C)c4ccccc4Cl)cc3)cc2)CC1. The first-order valence-electron chi connectivity index (χ1n) is 12.4. The number of amides is 1. The van der Waals surface area contributed by atoms with Gasteiger partial charge in [-0.1, -0.05) is 66.2 Å². The van der Waals surface area contributed by atoms with Gasteiger partial charge in [0.1, 0.15) is 17.7 Å². The molecular weight excluding hydrogens is 516 g/mol. The number of carbonyl (C=O) groups excluding carboxylic acids is 2. The Morgan fingerprint density at radius 1 is 1.05 bits per heavy atom. The zero-order valence-corrected chi connectivity index (χ0v) is 22.1. The molecule has 8 nitrogen and oxygen atoms in total. The van der Waals surface area contributed by atoms with Gasteiger partial charge in [0.15, 0.2) is 5.82 Å². The van der Waals surface area contributed by atoms with Gasteiger partial charge in [-0.3, -0.25) is 10.1 Å². The minimum Gasteiger partial charge on any atom is -0.468 e. The molecule has 0 spiro atoms. The molecule has 1 atom stereocenters. The van der Waals surface area contributed by atoms with Crippen molar-refractivity contribution >= 4 is 29.5 Å². The molecule has 3 aromatic carbocycles. The number of benzene rings is 3. The summed E-state index contributed by atoms with van der Waals surface area (Å²) < 4.78 is 12.0. The Bertz CT molecular complexity index is 1570. The summed E-state index contributed by atoms with van der Waals surface area (Å²) in [4.78, 5) is 24.9. The second-order valence-corrected chi connectivity index (χ2v) is 9.73. The highest BCUT2D eigenvalue weighted by Crippen LogP contribution is 2.49. The Labute approximate surface area is 230 Å². The van der Waals surface area contributed by atoms with Crippen molar-refractivity contribution in [2.24, 2.45) is 0 Å². The van der Waals surface area contributed by atoms with Gasteiger partial charge in [0.25, 0.3) is 0 Å². The first kappa shape index (κ1) is 26.0. The zero-order chi connectivity index (χ0) is 27.6. The van der Waals surface area contributed by atoms with Gasteiger partial charge in [-0.2, -0.15) is 10.4 Å². The van der Waals surface area contributed by atoms with Crippen molar-refractivity contribution in [3.63, 3.8) is 0 Å². The summed E-state index contributed by atoms with van der Waals surface area (Å²) in [6, 6.07) is 24.6. The van der Waals surface area contributed by atoms with E-state index in [2.05, 4.69) is 10.4 Å². The Kier molecular flexibility index (Phi) is 7.09. The molecule has 0 saturated heterocycles. The van der Waals surface area contributed by atoms with Crippen LogP contribution in [0.2, 0.25) is 5.02 Å². The lowest BCUT2D eigenvalue weighted by Gasteiger charge is -2.16. The number of rotatable bonds is 7. The summed E-state index contributed by atoms with van der Waals surface area (Å²) in [5.74, 6) is 0.00526. The van der Waals surface area contributed by atoms with Crippen molar-refractivity contribution in [3.8, 4) is 22.9 Å². The molecule has 196 valence electrons. The van der Waals surface area contributed by atoms with Crippen LogP contribution in [-0.2, 0) is 19.7 Å². The molecule has 39 heavy (non-hydrogen) atoms. The number of nitrogens with one attached hydrogen (secondary N) is 1. The zero-order valence-electron chi connectivity index (χ0n) is 21.3. The summed E-state index contributed by atoms with van der Waals surface area (Å²) in [5, 5.41) is 17.0. The molecule has 1 heterocycles. The highest BCUT2D eigenvalue weighted by atomic mass is 35.5. The minimum absolute atomic E-state index is 0.191. The summed E-state index contributed by atoms with van der Waals surface area (Å²) in [6.07, 6.45) is 1.64. The van der Waals surface area contributed by atoms with Gasteiger partial charge >= 0.3 is 12.1 Å². The number of methoxy groups -OCH3 is 1. The average Bonchev–Trinajstić information content (AvgIpc) is 3.68. The molecule has 1 N–H and O–H groups in total. The summed E-state index contributed by atoms with van der Waals surface area (Å²) >= 11 is 6.22. The second-order valence-electron chi connectivity index (χ2n) is 9.32. The van der Waals surface area contributed by atoms with E-state index >= 15 is 0 Å². The molecule has 4 aromatic rings. The van der Waals surface area contributed by atoms with E-state index in [9.17, 15) is 14.9 Å². The number of nitrogens with zero attached hydrogens (tertiary/aromatic N) is 3. The molecule has 1 aliphatic carbocycles. The summed E-state index contributed by atoms with van der Waals surface area (Å²) in [7, 11) is 1.42. The van der Waals surface area contributed by atoms with Gasteiger partial charge in [-0.25, -0.2) is 9.48 Å². The maximum Gasteiger partial charge on any atom is 0.413 e. The molecule has 0 aliphatic heterocycles. The molecule has 1 aromatic heterocycles. The van der Waals surface area contributed by atoms with Gasteiger partial charge in [0.2, 0.25) is 0 Å². The molecule has 1 aliphatic rings. The molecule has 0 unspecified atom stereocenters. The maximum absolute atomic E-state index is 12.7. The topological polar surface area (TPSA) is 106 Å². The fraction of sp³-hybridized carbons (Fsp3) is 0.200. The van der Waals surface area contributed by atoms with Crippen LogP contribution in [0.25, 0.3) is 16.8 Å². The predicted molar refractivity (Wildman–Crippen MR) is 147 cm³/mol. The van der Waals surface area contributed by atoms with Gasteiger partial charge in [0.05, 0.1) is 24.4 Å². The lowest BCUT2D eigenvalue weighted by Crippen LogP contribution is -2.21. The number of hydrogen-bond acceptors (Lipinski definition) is 6. The number of aromatic nitrogens is 2. The number of hydrogen-bond donors (Lipinski definition) is 1. The Hall–Kier alpha value is -4.61. The van der Waals surface area contributed by atoms with E-state index in [1.807, 2.05) is 60.7 Å². The van der Waals surface area contributed by atoms with Crippen LogP contribution in [0.15, 0.2) is 79.0 Å². The van der Waals surface area contributed by atoms with Crippen LogP contribution in [0.5, 0.6) is 0 Å². The molecule has 0 radical (unpaired) electrons. The lowest BCUT2D eigenvalue weighted by atomic mass is 9.94. The normalized spacial score (nSPS) is 14.1. The Morgan fingerprint density at radius 2 is 1.69 bits per heavy atom. The van der Waals surface area contributed by atoms with Crippen LogP contribution >= 0.6 is 11.6 Å². The van der Waals surface area contributed by atoms with Crippen LogP contribution in [0, 0.1) is 11.3 Å². The van der Waals surface area contributed by atoms with Gasteiger partial charge < -0.3 is 9.47 Å². The van der Waals surface area contributed by atoms with Crippen molar-refractivity contribution in [1.82, 2.24) is 9.78 Å². The van der Waals surface area contributed by atoms with E-state index in [1.165, 1.54) is 18.0 Å². The third-order valence-corrected chi connectivity index (χ3v) is 7.29. The smallest absolute Gasteiger partial charge is 0.413 e. The van der Waals surface area contributed by atoms with E-state index in [0.29, 0.717) is 16.3 Å². The van der Waals surface area contributed by atoms with Crippen molar-refractivity contribution in [1.29, 1.82) is 5.26 Å². The fourth-order valence-electron chi connectivity index (χ4n) is 4.61. The molecule has 0 bridgehead atoms. The number of anilines is 1. The van der Waals surface area contributed by atoms with Gasteiger partial charge in [0, 0.05) is 10.6 Å². The highest BCUT2D eigenvalue weighted by Gasteiger charge is 2.52. The van der Waals surface area contributed by atoms with E-state index < -0.39 is 17.6 Å². The van der Waals surface area contributed by atoms with E-state index in [0.717, 1.165) is 29.5 Å². The largest absolute Gasteiger partial charge is 0.468 e. The fourth-order valence-corrected chi connectivity index (χ4v) is 4.90. The number of halogens is 1. The van der Waals surface area contributed by atoms with E-state index in [-0.39, 0.29) is 17.4 Å². The minimum atomic E-state index is -0.738. The van der Waals surface area contributed by atoms with Crippen LogP contribution in [0.4, 0.5) is 10.6 Å². The standard InChI is InChI=1S/C30H25ClN4O4/c1-19(25-5-3-4-6-26(25)31)39-29(37)34-27-22(17-32)18-33-35(27)24-13-9-21(10-14-24)20-7-11-23(12-8-20)30(15-16-30)28(36)38-2/h3-14,18-19H,15-16H2,1-2H3,(H,34,37)/t19-/m1/s1. The first-order valence-corrected chi connectivity index (χ1v) is 12.7. The van der Waals surface area contributed by atoms with Crippen molar-refractivity contribution in [3.05, 3.63) is 101 Å². The molecule has 1 amide bonds. The molecule has 5 rings (SSSR count). The van der Waals surface area contributed by atoms with Gasteiger partial charge in [-0.15, -0.1) is 0 Å². The average molecular weight is 541 g/mol. The van der Waals surface area contributed by atoms with Crippen LogP contribution in [-0.4, -0.2) is 29.0 Å². The molecule has 9 heteroatoms. The van der Waals surface area contributed by atoms with Crippen molar-refractivity contribution < 1.29 is 19.1 Å².